The highest BCUT2D eigenvalue weighted by molar-refractivity contribution is 7.90. The summed E-state index contributed by atoms with van der Waals surface area (Å²) in [4.78, 5) is 0. The van der Waals surface area contributed by atoms with Crippen LogP contribution in [0.4, 0.5) is 0 Å². The Bertz CT molecular complexity index is 256. The molecule has 11 heavy (non-hydrogen) atoms. The van der Waals surface area contributed by atoms with Crippen LogP contribution in [-0.2, 0) is 9.84 Å². The molecule has 1 fully saturated rings. The Morgan fingerprint density at radius 1 is 1.45 bits per heavy atom. The zero-order valence-electron chi connectivity index (χ0n) is 7.16. The largest absolute Gasteiger partial charge is 0.327 e. The standard InChI is InChI=1S/C7H15NO2S/c1-7(2)5(6(7)8)4-11(3,9)10/h5-6H,4,8H2,1-3H3. The zero-order chi connectivity index (χ0) is 8.86. The number of nitrogens with two attached hydrogens (primary N) is 1. The molecule has 0 amide bonds. The Balaban J connectivity index is 2.58. The first-order valence-electron chi connectivity index (χ1n) is 3.68. The van der Waals surface area contributed by atoms with Crippen molar-refractivity contribution in [3.8, 4) is 0 Å². The summed E-state index contributed by atoms with van der Waals surface area (Å²) in [6.45, 7) is 4.01. The highest BCUT2D eigenvalue weighted by Gasteiger charge is 2.56. The fourth-order valence-electron chi connectivity index (χ4n) is 1.43. The summed E-state index contributed by atoms with van der Waals surface area (Å²) in [5.41, 5.74) is 5.72. The monoisotopic (exact) mass is 177 g/mol. The van der Waals surface area contributed by atoms with E-state index in [2.05, 4.69) is 0 Å². The number of sulfone groups is 1. The minimum Gasteiger partial charge on any atom is -0.327 e. The number of hydrogen-bond acceptors (Lipinski definition) is 3. The van der Waals surface area contributed by atoms with Gasteiger partial charge in [-0.1, -0.05) is 13.8 Å². The fraction of sp³-hybridized carbons (Fsp3) is 1.00. The molecule has 2 unspecified atom stereocenters. The van der Waals surface area contributed by atoms with Crippen LogP contribution < -0.4 is 5.73 Å². The molecule has 66 valence electrons. The quantitative estimate of drug-likeness (QED) is 0.646. The molecule has 0 aliphatic heterocycles. The summed E-state index contributed by atoms with van der Waals surface area (Å²) >= 11 is 0. The van der Waals surface area contributed by atoms with Crippen LogP contribution in [0.1, 0.15) is 13.8 Å². The maximum atomic E-state index is 10.9. The van der Waals surface area contributed by atoms with Gasteiger partial charge in [-0.3, -0.25) is 0 Å². The lowest BCUT2D eigenvalue weighted by molar-refractivity contribution is 0.559. The van der Waals surface area contributed by atoms with E-state index in [0.29, 0.717) is 0 Å². The summed E-state index contributed by atoms with van der Waals surface area (Å²) in [5, 5.41) is 0. The third kappa shape index (κ3) is 1.73. The lowest BCUT2D eigenvalue weighted by atomic mass is 10.1. The van der Waals surface area contributed by atoms with Gasteiger partial charge in [0.25, 0.3) is 0 Å². The molecule has 2 atom stereocenters. The van der Waals surface area contributed by atoms with Crippen molar-refractivity contribution in [3.63, 3.8) is 0 Å². The van der Waals surface area contributed by atoms with E-state index in [9.17, 15) is 8.42 Å². The predicted octanol–water partition coefficient (Wildman–Crippen LogP) is 0.0143. The van der Waals surface area contributed by atoms with Crippen LogP contribution in [0.5, 0.6) is 0 Å². The average Bonchev–Trinajstić information content (AvgIpc) is 2.14. The second-order valence-corrected chi connectivity index (χ2v) is 6.23. The minimum absolute atomic E-state index is 0.0308. The van der Waals surface area contributed by atoms with Gasteiger partial charge in [0.15, 0.2) is 0 Å². The third-order valence-electron chi connectivity index (χ3n) is 2.62. The fourth-order valence-corrected chi connectivity index (χ4v) is 2.72. The van der Waals surface area contributed by atoms with Gasteiger partial charge in [0.05, 0.1) is 5.75 Å². The van der Waals surface area contributed by atoms with Gasteiger partial charge in [-0.05, 0) is 11.3 Å². The molecule has 1 aliphatic carbocycles. The van der Waals surface area contributed by atoms with Gasteiger partial charge in [-0.2, -0.15) is 0 Å². The predicted molar refractivity (Wildman–Crippen MR) is 45.0 cm³/mol. The molecule has 2 N–H and O–H groups in total. The first kappa shape index (κ1) is 9.00. The van der Waals surface area contributed by atoms with E-state index in [0.717, 1.165) is 0 Å². The van der Waals surface area contributed by atoms with E-state index < -0.39 is 9.84 Å². The van der Waals surface area contributed by atoms with Crippen LogP contribution in [0, 0.1) is 11.3 Å². The smallest absolute Gasteiger partial charge is 0.147 e. The van der Waals surface area contributed by atoms with Gasteiger partial charge in [0.1, 0.15) is 9.84 Å². The molecule has 0 bridgehead atoms. The third-order valence-corrected chi connectivity index (χ3v) is 3.59. The maximum absolute atomic E-state index is 10.9. The molecule has 3 nitrogen and oxygen atoms in total. The minimum atomic E-state index is -2.84. The van der Waals surface area contributed by atoms with Crippen LogP contribution in [0.25, 0.3) is 0 Å². The number of hydrogen-bond donors (Lipinski definition) is 1. The highest BCUT2D eigenvalue weighted by atomic mass is 32.2. The molecular weight excluding hydrogens is 162 g/mol. The van der Waals surface area contributed by atoms with E-state index in [-0.39, 0.29) is 23.1 Å². The van der Waals surface area contributed by atoms with E-state index in [4.69, 9.17) is 5.73 Å². The van der Waals surface area contributed by atoms with Gasteiger partial charge < -0.3 is 5.73 Å². The summed E-state index contributed by atoms with van der Waals surface area (Å²) < 4.78 is 21.7. The molecular formula is C7H15NO2S. The second-order valence-electron chi connectivity index (χ2n) is 4.05. The van der Waals surface area contributed by atoms with Gasteiger partial charge in [-0.15, -0.1) is 0 Å². The summed E-state index contributed by atoms with van der Waals surface area (Å²) in [5.74, 6) is 0.402. The highest BCUT2D eigenvalue weighted by Crippen LogP contribution is 2.50. The van der Waals surface area contributed by atoms with Crippen molar-refractivity contribution < 1.29 is 8.42 Å². The molecule has 0 aromatic rings. The first-order valence-corrected chi connectivity index (χ1v) is 5.74. The van der Waals surface area contributed by atoms with Crippen LogP contribution in [-0.4, -0.2) is 26.5 Å². The topological polar surface area (TPSA) is 60.2 Å². The summed E-state index contributed by atoms with van der Waals surface area (Å²) in [6, 6.07) is 0.0669. The van der Waals surface area contributed by atoms with Crippen molar-refractivity contribution in [2.24, 2.45) is 17.1 Å². The second kappa shape index (κ2) is 2.20. The lowest BCUT2D eigenvalue weighted by Crippen LogP contribution is -2.11. The molecule has 0 spiro atoms. The Labute approximate surface area is 67.9 Å². The Hall–Kier alpha value is -0.0900. The van der Waals surface area contributed by atoms with Crippen molar-refractivity contribution in [2.75, 3.05) is 12.0 Å². The van der Waals surface area contributed by atoms with Crippen molar-refractivity contribution in [1.82, 2.24) is 0 Å². The molecule has 4 heteroatoms. The summed E-state index contributed by atoms with van der Waals surface area (Å²) in [6.07, 6.45) is 1.26. The molecule has 0 aromatic carbocycles. The van der Waals surface area contributed by atoms with Crippen LogP contribution in [0.2, 0.25) is 0 Å². The lowest BCUT2D eigenvalue weighted by Gasteiger charge is -1.99. The average molecular weight is 177 g/mol. The van der Waals surface area contributed by atoms with Gasteiger partial charge in [0.2, 0.25) is 0 Å². The van der Waals surface area contributed by atoms with Gasteiger partial charge in [0, 0.05) is 12.3 Å². The van der Waals surface area contributed by atoms with Crippen LogP contribution >= 0.6 is 0 Å². The van der Waals surface area contributed by atoms with Gasteiger partial charge in [-0.25, -0.2) is 8.42 Å². The van der Waals surface area contributed by atoms with Crippen molar-refractivity contribution in [2.45, 2.75) is 19.9 Å². The number of rotatable bonds is 2. The van der Waals surface area contributed by atoms with Crippen LogP contribution in [0.3, 0.4) is 0 Å². The Morgan fingerprint density at radius 3 is 1.91 bits per heavy atom. The van der Waals surface area contributed by atoms with E-state index in [1.54, 1.807) is 0 Å². The molecule has 0 saturated heterocycles. The Kier molecular flexibility index (Phi) is 1.80. The molecule has 0 heterocycles. The molecule has 0 radical (unpaired) electrons. The SMILES string of the molecule is CC1(C)C(N)C1CS(C)(=O)=O. The maximum Gasteiger partial charge on any atom is 0.147 e. The van der Waals surface area contributed by atoms with Crippen molar-refractivity contribution in [3.05, 3.63) is 0 Å². The van der Waals surface area contributed by atoms with Crippen molar-refractivity contribution >= 4 is 9.84 Å². The van der Waals surface area contributed by atoms with Crippen LogP contribution in [0.15, 0.2) is 0 Å². The normalized spacial score (nSPS) is 35.3. The van der Waals surface area contributed by atoms with E-state index >= 15 is 0 Å². The molecule has 1 aliphatic rings. The van der Waals surface area contributed by atoms with Gasteiger partial charge >= 0.3 is 0 Å². The van der Waals surface area contributed by atoms with E-state index in [1.807, 2.05) is 13.8 Å². The zero-order valence-corrected chi connectivity index (χ0v) is 7.98. The molecule has 0 aromatic heterocycles. The molecule has 1 rings (SSSR count). The Morgan fingerprint density at radius 2 is 1.82 bits per heavy atom. The molecule has 1 saturated carbocycles. The van der Waals surface area contributed by atoms with E-state index in [1.165, 1.54) is 6.26 Å². The first-order chi connectivity index (χ1) is 4.75. The van der Waals surface area contributed by atoms with Crippen molar-refractivity contribution in [1.29, 1.82) is 0 Å². The summed E-state index contributed by atoms with van der Waals surface area (Å²) in [7, 11) is -2.84.